The highest BCUT2D eigenvalue weighted by molar-refractivity contribution is 7.21. The van der Waals surface area contributed by atoms with E-state index in [1.165, 1.54) is 29.7 Å². The molecule has 7 nitrogen and oxygen atoms in total. The molecule has 0 aliphatic carbocycles. The molecule has 1 aromatic carbocycles. The monoisotopic (exact) mass is 377 g/mol. The predicted octanol–water partition coefficient (Wildman–Crippen LogP) is 4.38. The van der Waals surface area contributed by atoms with E-state index in [-0.39, 0.29) is 5.76 Å². The third-order valence-electron chi connectivity index (χ3n) is 3.46. The van der Waals surface area contributed by atoms with Crippen LogP contribution in [-0.4, -0.2) is 17.0 Å². The minimum absolute atomic E-state index is 0.155. The average molecular weight is 378 g/mol. The Kier molecular flexibility index (Phi) is 4.82. The molecule has 0 bridgehead atoms. The van der Waals surface area contributed by atoms with Crippen molar-refractivity contribution in [2.75, 3.05) is 0 Å². The lowest BCUT2D eigenvalue weighted by atomic mass is 10.1. The third kappa shape index (κ3) is 3.54. The lowest BCUT2D eigenvalue weighted by molar-refractivity contribution is -0.402. The molecule has 0 atom stereocenters. The molecular weight excluding hydrogens is 366 g/mol. The van der Waals surface area contributed by atoms with Crippen molar-refractivity contribution < 1.29 is 14.1 Å². The number of nitrogens with zero attached hydrogens (tertiary/aromatic N) is 2. The van der Waals surface area contributed by atoms with Gasteiger partial charge in [0, 0.05) is 10.1 Å². The number of thiophene rings is 1. The minimum Gasteiger partial charge on any atom is -0.400 e. The van der Waals surface area contributed by atoms with E-state index >= 15 is 0 Å². The third-order valence-corrected chi connectivity index (χ3v) is 5.11. The Hall–Kier alpha value is -2.71. The number of carbonyl (C=O) groups excluding carboxylic acids is 1. The van der Waals surface area contributed by atoms with Crippen molar-refractivity contribution in [1.82, 2.24) is 5.43 Å². The predicted molar refractivity (Wildman–Crippen MR) is 96.6 cm³/mol. The number of hydrogen-bond donors (Lipinski definition) is 1. The number of furan rings is 1. The van der Waals surface area contributed by atoms with Crippen LogP contribution < -0.4 is 5.43 Å². The maximum Gasteiger partial charge on any atom is 0.433 e. The first-order chi connectivity index (χ1) is 12.0. The van der Waals surface area contributed by atoms with Gasteiger partial charge in [-0.3, -0.25) is 14.9 Å². The number of rotatable bonds is 5. The number of amides is 1. The van der Waals surface area contributed by atoms with Crippen LogP contribution in [0.5, 0.6) is 0 Å². The van der Waals surface area contributed by atoms with Gasteiger partial charge in [-0.15, -0.1) is 11.3 Å². The van der Waals surface area contributed by atoms with Crippen LogP contribution in [0.3, 0.4) is 0 Å². The Morgan fingerprint density at radius 2 is 2.24 bits per heavy atom. The molecule has 0 saturated heterocycles. The van der Waals surface area contributed by atoms with E-state index in [4.69, 9.17) is 16.0 Å². The molecule has 0 fully saturated rings. The summed E-state index contributed by atoms with van der Waals surface area (Å²) >= 11 is 7.57. The number of nitrogens with one attached hydrogen (secondary N) is 1. The van der Waals surface area contributed by atoms with Crippen molar-refractivity contribution in [3.8, 4) is 0 Å². The fourth-order valence-electron chi connectivity index (χ4n) is 2.19. The number of benzene rings is 1. The van der Waals surface area contributed by atoms with Crippen LogP contribution in [0.15, 0.2) is 39.9 Å². The number of aryl methyl sites for hydroxylation is 1. The summed E-state index contributed by atoms with van der Waals surface area (Å²) in [6.07, 6.45) is 2.08. The van der Waals surface area contributed by atoms with Gasteiger partial charge in [0.2, 0.25) is 0 Å². The molecule has 128 valence electrons. The zero-order valence-corrected chi connectivity index (χ0v) is 14.6. The second-order valence-electron chi connectivity index (χ2n) is 5.06. The van der Waals surface area contributed by atoms with Crippen LogP contribution in [0.2, 0.25) is 5.02 Å². The molecule has 3 aromatic rings. The summed E-state index contributed by atoms with van der Waals surface area (Å²) in [4.78, 5) is 22.5. The SMILES string of the molecule is CCc1ccc2c(Cl)c(C(=O)N/N=C\c3ccc([N+](=O)[O-])o3)sc2c1. The molecule has 1 amide bonds. The summed E-state index contributed by atoms with van der Waals surface area (Å²) in [7, 11) is 0. The molecule has 0 unspecified atom stereocenters. The highest BCUT2D eigenvalue weighted by Gasteiger charge is 2.17. The van der Waals surface area contributed by atoms with Crippen molar-refractivity contribution in [2.45, 2.75) is 13.3 Å². The zero-order valence-electron chi connectivity index (χ0n) is 13.0. The number of hydrazone groups is 1. The Morgan fingerprint density at radius 3 is 2.92 bits per heavy atom. The quantitative estimate of drug-likeness (QED) is 0.405. The molecule has 9 heteroatoms. The average Bonchev–Trinajstić information content (AvgIpc) is 3.19. The van der Waals surface area contributed by atoms with Crippen molar-refractivity contribution >= 4 is 51.0 Å². The van der Waals surface area contributed by atoms with Crippen LogP contribution in [0.25, 0.3) is 10.1 Å². The van der Waals surface area contributed by atoms with Crippen molar-refractivity contribution in [3.05, 3.63) is 61.7 Å². The first-order valence-electron chi connectivity index (χ1n) is 7.28. The molecular formula is C16H12ClN3O4S. The van der Waals surface area contributed by atoms with Crippen LogP contribution in [0, 0.1) is 10.1 Å². The second-order valence-corrected chi connectivity index (χ2v) is 6.49. The zero-order chi connectivity index (χ0) is 18.0. The maximum absolute atomic E-state index is 12.3. The van der Waals surface area contributed by atoms with Gasteiger partial charge in [-0.25, -0.2) is 5.43 Å². The smallest absolute Gasteiger partial charge is 0.400 e. The summed E-state index contributed by atoms with van der Waals surface area (Å²) in [5.41, 5.74) is 3.50. The maximum atomic E-state index is 12.3. The molecule has 2 aromatic heterocycles. The largest absolute Gasteiger partial charge is 0.433 e. The first kappa shape index (κ1) is 17.1. The Bertz CT molecular complexity index is 993. The Morgan fingerprint density at radius 1 is 1.44 bits per heavy atom. The van der Waals surface area contributed by atoms with Crippen LogP contribution in [0.1, 0.15) is 27.9 Å². The topological polar surface area (TPSA) is 97.7 Å². The summed E-state index contributed by atoms with van der Waals surface area (Å²) in [6.45, 7) is 2.05. The molecule has 25 heavy (non-hydrogen) atoms. The highest BCUT2D eigenvalue weighted by Crippen LogP contribution is 2.35. The number of halogens is 1. The summed E-state index contributed by atoms with van der Waals surface area (Å²) in [5.74, 6) is -0.698. The van der Waals surface area contributed by atoms with Gasteiger partial charge in [-0.1, -0.05) is 30.7 Å². The summed E-state index contributed by atoms with van der Waals surface area (Å²) in [5, 5.41) is 15.5. The van der Waals surface area contributed by atoms with Crippen LogP contribution >= 0.6 is 22.9 Å². The van der Waals surface area contributed by atoms with Gasteiger partial charge in [0.1, 0.15) is 9.80 Å². The van der Waals surface area contributed by atoms with E-state index in [2.05, 4.69) is 17.5 Å². The molecule has 1 N–H and O–H groups in total. The van der Waals surface area contributed by atoms with Crippen molar-refractivity contribution in [2.24, 2.45) is 5.10 Å². The van der Waals surface area contributed by atoms with Gasteiger partial charge in [-0.05, 0) is 24.1 Å². The Balaban J connectivity index is 1.76. The molecule has 0 aliphatic rings. The lowest BCUT2D eigenvalue weighted by Crippen LogP contribution is -2.16. The number of fused-ring (bicyclic) bond motifs is 1. The minimum atomic E-state index is -0.655. The van der Waals surface area contributed by atoms with E-state index in [0.717, 1.165) is 22.1 Å². The van der Waals surface area contributed by atoms with Gasteiger partial charge in [0.25, 0.3) is 5.91 Å². The molecule has 0 spiro atoms. The van der Waals surface area contributed by atoms with Gasteiger partial charge < -0.3 is 4.42 Å². The number of nitro groups is 1. The number of carbonyl (C=O) groups is 1. The van der Waals surface area contributed by atoms with E-state index in [1.54, 1.807) is 0 Å². The number of hydrogen-bond acceptors (Lipinski definition) is 6. The van der Waals surface area contributed by atoms with E-state index in [9.17, 15) is 14.9 Å². The Labute approximate surface area is 151 Å². The van der Waals surface area contributed by atoms with Gasteiger partial charge in [0.15, 0.2) is 5.76 Å². The fraction of sp³-hybridized carbons (Fsp3) is 0.125. The molecule has 2 heterocycles. The molecule has 0 aliphatic heterocycles. The molecule has 0 radical (unpaired) electrons. The standard InChI is InChI=1S/C16H12ClN3O4S/c1-2-9-3-5-11-12(7-9)25-15(14(11)17)16(21)19-18-8-10-4-6-13(24-10)20(22)23/h3-8H,2H2,1H3,(H,19,21)/b18-8-. The van der Waals surface area contributed by atoms with E-state index < -0.39 is 16.7 Å². The fourth-order valence-corrected chi connectivity index (χ4v) is 3.66. The second kappa shape index (κ2) is 7.04. The van der Waals surface area contributed by atoms with Crippen molar-refractivity contribution in [1.29, 1.82) is 0 Å². The summed E-state index contributed by atoms with van der Waals surface area (Å²) < 4.78 is 5.84. The van der Waals surface area contributed by atoms with Crippen molar-refractivity contribution in [3.63, 3.8) is 0 Å². The van der Waals surface area contributed by atoms with Gasteiger partial charge in [-0.2, -0.15) is 5.10 Å². The van der Waals surface area contributed by atoms with Crippen LogP contribution in [-0.2, 0) is 6.42 Å². The van der Waals surface area contributed by atoms with Crippen LogP contribution in [0.4, 0.5) is 5.88 Å². The lowest BCUT2D eigenvalue weighted by Gasteiger charge is -1.96. The first-order valence-corrected chi connectivity index (χ1v) is 8.47. The van der Waals surface area contributed by atoms with Gasteiger partial charge in [0.05, 0.1) is 17.3 Å². The summed E-state index contributed by atoms with van der Waals surface area (Å²) in [6, 6.07) is 8.47. The van der Waals surface area contributed by atoms with E-state index in [0.29, 0.717) is 9.90 Å². The molecule has 0 saturated carbocycles. The molecule has 3 rings (SSSR count). The van der Waals surface area contributed by atoms with E-state index in [1.807, 2.05) is 18.2 Å². The normalized spacial score (nSPS) is 11.3. The van der Waals surface area contributed by atoms with Gasteiger partial charge >= 0.3 is 5.88 Å². The highest BCUT2D eigenvalue weighted by atomic mass is 35.5.